The molecule has 2 N–H and O–H groups in total. The van der Waals surface area contributed by atoms with E-state index in [4.69, 9.17) is 10.5 Å². The average Bonchev–Trinajstić information content (AvgIpc) is 2.38. The van der Waals surface area contributed by atoms with Crippen molar-refractivity contribution in [3.05, 3.63) is 52.5 Å². The van der Waals surface area contributed by atoms with Crippen molar-refractivity contribution in [2.45, 2.75) is 6.54 Å². The van der Waals surface area contributed by atoms with Crippen molar-refractivity contribution in [3.63, 3.8) is 0 Å². The lowest BCUT2D eigenvalue weighted by atomic mass is 10.0. The Hall–Kier alpha value is -1.03. The number of nitrogens with two attached hydrogens (primary N) is 1. The number of benzene rings is 2. The second-order valence-corrected chi connectivity index (χ2v) is 4.58. The normalized spacial score (nSPS) is 9.72. The van der Waals surface area contributed by atoms with E-state index in [1.54, 1.807) is 7.11 Å². The summed E-state index contributed by atoms with van der Waals surface area (Å²) in [6.07, 6.45) is 0. The van der Waals surface area contributed by atoms with Gasteiger partial charge in [-0.2, -0.15) is 0 Å². The highest BCUT2D eigenvalue weighted by Gasteiger charge is 2.08. The summed E-state index contributed by atoms with van der Waals surface area (Å²) in [4.78, 5) is 0. The van der Waals surface area contributed by atoms with Crippen molar-refractivity contribution in [2.75, 3.05) is 7.11 Å². The Morgan fingerprint density at radius 2 is 1.78 bits per heavy atom. The number of halogens is 2. The Kier molecular flexibility index (Phi) is 5.66. The smallest absolute Gasteiger partial charge is 0.140 e. The van der Waals surface area contributed by atoms with Gasteiger partial charge >= 0.3 is 0 Å². The molecule has 0 radical (unpaired) electrons. The molecule has 0 heterocycles. The van der Waals surface area contributed by atoms with Gasteiger partial charge in [0.25, 0.3) is 0 Å². The van der Waals surface area contributed by atoms with Gasteiger partial charge in [-0.1, -0.05) is 36.4 Å². The van der Waals surface area contributed by atoms with Crippen LogP contribution in [0.1, 0.15) is 5.56 Å². The van der Waals surface area contributed by atoms with Crippen LogP contribution in [0, 0.1) is 0 Å². The average molecular weight is 329 g/mol. The van der Waals surface area contributed by atoms with Crippen LogP contribution >= 0.6 is 28.3 Å². The molecule has 0 saturated heterocycles. The predicted molar refractivity (Wildman–Crippen MR) is 81.3 cm³/mol. The molecule has 0 spiro atoms. The van der Waals surface area contributed by atoms with Gasteiger partial charge in [0.05, 0.1) is 11.6 Å². The van der Waals surface area contributed by atoms with E-state index in [2.05, 4.69) is 28.1 Å². The maximum Gasteiger partial charge on any atom is 0.140 e. The van der Waals surface area contributed by atoms with Crippen molar-refractivity contribution < 1.29 is 4.74 Å². The van der Waals surface area contributed by atoms with Gasteiger partial charge in [-0.3, -0.25) is 0 Å². The zero-order valence-electron chi connectivity index (χ0n) is 10.0. The van der Waals surface area contributed by atoms with E-state index in [0.717, 1.165) is 26.9 Å². The van der Waals surface area contributed by atoms with Gasteiger partial charge in [-0.15, -0.1) is 12.4 Å². The van der Waals surface area contributed by atoms with E-state index in [0.29, 0.717) is 6.54 Å². The minimum absolute atomic E-state index is 0. The highest BCUT2D eigenvalue weighted by molar-refractivity contribution is 9.10. The second-order valence-electron chi connectivity index (χ2n) is 3.72. The molecule has 0 aromatic heterocycles. The van der Waals surface area contributed by atoms with Gasteiger partial charge in [0.1, 0.15) is 5.75 Å². The summed E-state index contributed by atoms with van der Waals surface area (Å²) in [5.74, 6) is 0.855. The molecule has 0 fully saturated rings. The SMILES string of the molecule is COc1c(Br)cccc1-c1ccc(CN)cc1.Cl. The first kappa shape index (κ1) is 15.0. The first-order valence-electron chi connectivity index (χ1n) is 5.38. The molecular formula is C14H15BrClNO. The van der Waals surface area contributed by atoms with Gasteiger partial charge in [0.15, 0.2) is 0 Å². The first-order valence-corrected chi connectivity index (χ1v) is 6.17. The molecule has 0 bridgehead atoms. The summed E-state index contributed by atoms with van der Waals surface area (Å²) >= 11 is 3.49. The molecule has 0 aliphatic heterocycles. The third kappa shape index (κ3) is 3.05. The molecule has 0 atom stereocenters. The number of methoxy groups -OCH3 is 1. The van der Waals surface area contributed by atoms with E-state index in [1.165, 1.54) is 0 Å². The van der Waals surface area contributed by atoms with Gasteiger partial charge in [0, 0.05) is 12.1 Å². The Morgan fingerprint density at radius 3 is 2.33 bits per heavy atom. The van der Waals surface area contributed by atoms with Crippen LogP contribution in [0.3, 0.4) is 0 Å². The zero-order chi connectivity index (χ0) is 12.3. The molecule has 0 unspecified atom stereocenters. The Bertz CT molecular complexity index is 514. The highest BCUT2D eigenvalue weighted by Crippen LogP contribution is 2.36. The second kappa shape index (κ2) is 6.78. The molecule has 96 valence electrons. The molecule has 2 aromatic carbocycles. The fourth-order valence-corrected chi connectivity index (χ4v) is 2.29. The Labute approximate surface area is 122 Å². The highest BCUT2D eigenvalue weighted by atomic mass is 79.9. The van der Waals surface area contributed by atoms with Gasteiger partial charge in [-0.05, 0) is 33.1 Å². The molecule has 0 amide bonds. The lowest BCUT2D eigenvalue weighted by Crippen LogP contribution is -1.95. The number of para-hydroxylation sites is 1. The summed E-state index contributed by atoms with van der Waals surface area (Å²) < 4.78 is 6.37. The summed E-state index contributed by atoms with van der Waals surface area (Å²) in [6.45, 7) is 0.565. The molecule has 2 rings (SSSR count). The van der Waals surface area contributed by atoms with E-state index in [-0.39, 0.29) is 12.4 Å². The standard InChI is InChI=1S/C14H14BrNO.ClH/c1-17-14-12(3-2-4-13(14)15)11-7-5-10(9-16)6-8-11;/h2-8H,9,16H2,1H3;1H. The summed E-state index contributed by atoms with van der Waals surface area (Å²) in [6, 6.07) is 14.2. The predicted octanol–water partition coefficient (Wildman–Crippen LogP) is 4.01. The third-order valence-corrected chi connectivity index (χ3v) is 3.30. The van der Waals surface area contributed by atoms with Crippen molar-refractivity contribution in [3.8, 4) is 16.9 Å². The van der Waals surface area contributed by atoms with Crippen molar-refractivity contribution >= 4 is 28.3 Å². The minimum Gasteiger partial charge on any atom is -0.495 e. The van der Waals surface area contributed by atoms with Gasteiger partial charge in [-0.25, -0.2) is 0 Å². The van der Waals surface area contributed by atoms with Gasteiger partial charge < -0.3 is 10.5 Å². The van der Waals surface area contributed by atoms with E-state index in [1.807, 2.05) is 30.3 Å². The lowest BCUT2D eigenvalue weighted by Gasteiger charge is -2.10. The van der Waals surface area contributed by atoms with Crippen LogP contribution < -0.4 is 10.5 Å². The largest absolute Gasteiger partial charge is 0.495 e. The maximum atomic E-state index is 5.59. The van der Waals surface area contributed by atoms with Crippen LogP contribution in [0.25, 0.3) is 11.1 Å². The van der Waals surface area contributed by atoms with Gasteiger partial charge in [0.2, 0.25) is 0 Å². The molecule has 0 aliphatic carbocycles. The number of ether oxygens (including phenoxy) is 1. The first-order chi connectivity index (χ1) is 8.26. The molecule has 4 heteroatoms. The number of rotatable bonds is 3. The van der Waals surface area contributed by atoms with Crippen LogP contribution in [0.15, 0.2) is 46.9 Å². The minimum atomic E-state index is 0. The van der Waals surface area contributed by atoms with Crippen LogP contribution in [0.2, 0.25) is 0 Å². The molecular weight excluding hydrogens is 314 g/mol. The topological polar surface area (TPSA) is 35.2 Å². The van der Waals surface area contributed by atoms with E-state index >= 15 is 0 Å². The van der Waals surface area contributed by atoms with Crippen molar-refractivity contribution in [2.24, 2.45) is 5.73 Å². The van der Waals surface area contributed by atoms with Crippen LogP contribution in [0.4, 0.5) is 0 Å². The summed E-state index contributed by atoms with van der Waals surface area (Å²) in [7, 11) is 1.68. The van der Waals surface area contributed by atoms with Crippen LogP contribution in [-0.2, 0) is 6.54 Å². The number of hydrogen-bond donors (Lipinski definition) is 1. The lowest BCUT2D eigenvalue weighted by molar-refractivity contribution is 0.414. The zero-order valence-corrected chi connectivity index (χ0v) is 12.4. The molecule has 0 aliphatic rings. The summed E-state index contributed by atoms with van der Waals surface area (Å²) in [5.41, 5.74) is 8.91. The quantitative estimate of drug-likeness (QED) is 0.924. The molecule has 2 nitrogen and oxygen atoms in total. The Balaban J connectivity index is 0.00000162. The molecule has 18 heavy (non-hydrogen) atoms. The van der Waals surface area contributed by atoms with E-state index < -0.39 is 0 Å². The monoisotopic (exact) mass is 327 g/mol. The fraction of sp³-hybridized carbons (Fsp3) is 0.143. The van der Waals surface area contributed by atoms with Crippen LogP contribution in [0.5, 0.6) is 5.75 Å². The van der Waals surface area contributed by atoms with E-state index in [9.17, 15) is 0 Å². The van der Waals surface area contributed by atoms with Crippen molar-refractivity contribution in [1.82, 2.24) is 0 Å². The molecule has 0 saturated carbocycles. The third-order valence-electron chi connectivity index (χ3n) is 2.67. The number of hydrogen-bond acceptors (Lipinski definition) is 2. The molecule has 2 aromatic rings. The maximum absolute atomic E-state index is 5.59. The van der Waals surface area contributed by atoms with Crippen LogP contribution in [-0.4, -0.2) is 7.11 Å². The Morgan fingerprint density at radius 1 is 1.11 bits per heavy atom. The summed E-state index contributed by atoms with van der Waals surface area (Å²) in [5, 5.41) is 0. The van der Waals surface area contributed by atoms with Crippen molar-refractivity contribution in [1.29, 1.82) is 0 Å². The fourth-order valence-electron chi connectivity index (χ4n) is 1.76.